The van der Waals surface area contributed by atoms with Gasteiger partial charge in [-0.1, -0.05) is 0 Å². The van der Waals surface area contributed by atoms with Crippen molar-refractivity contribution in [1.29, 1.82) is 0 Å². The summed E-state index contributed by atoms with van der Waals surface area (Å²) in [6.07, 6.45) is -2.59. The molecule has 12 N–H and O–H groups in total. The monoisotopic (exact) mass is 462 g/mol. The van der Waals surface area contributed by atoms with Gasteiger partial charge in [0, 0.05) is 12.8 Å². The Labute approximate surface area is 183 Å². The minimum absolute atomic E-state index is 0.320. The number of carboxylic acids is 1. The lowest BCUT2D eigenvalue weighted by molar-refractivity contribution is -0.143. The topological polar surface area (TPSA) is 277 Å². The van der Waals surface area contributed by atoms with E-state index in [-0.39, 0.29) is 25.7 Å². The number of nitrogens with one attached hydrogen (secondary N) is 3. The van der Waals surface area contributed by atoms with Crippen LogP contribution in [0, 0.1) is 0 Å². The van der Waals surface area contributed by atoms with Crippen molar-refractivity contribution in [1.82, 2.24) is 16.0 Å². The fourth-order valence-electron chi connectivity index (χ4n) is 2.33. The van der Waals surface area contributed by atoms with E-state index in [9.17, 15) is 44.1 Å². The summed E-state index contributed by atoms with van der Waals surface area (Å²) >= 11 is 0. The molecule has 0 heterocycles. The SMILES string of the molecule is CC(O)C(N)C(=O)NC(CO)C(=O)NC(CCC(N)=O)C(=O)NC(CCC(N)=O)C(=O)O. The second-order valence-electron chi connectivity index (χ2n) is 6.98. The predicted molar refractivity (Wildman–Crippen MR) is 107 cm³/mol. The number of amides is 5. The molecule has 0 bridgehead atoms. The minimum atomic E-state index is -1.57. The molecule has 0 aliphatic carbocycles. The highest BCUT2D eigenvalue weighted by molar-refractivity contribution is 5.94. The number of carbonyl (C=O) groups is 6. The average Bonchev–Trinajstić information content (AvgIpc) is 2.70. The third-order valence-electron chi connectivity index (χ3n) is 4.24. The molecule has 0 fully saturated rings. The molecule has 0 aromatic heterocycles. The Hall–Kier alpha value is -3.30. The predicted octanol–water partition coefficient (Wildman–Crippen LogP) is -5.24. The van der Waals surface area contributed by atoms with Crippen molar-refractivity contribution in [3.05, 3.63) is 0 Å². The second kappa shape index (κ2) is 13.9. The summed E-state index contributed by atoms with van der Waals surface area (Å²) in [5.41, 5.74) is 15.5. The Morgan fingerprint density at radius 1 is 0.781 bits per heavy atom. The van der Waals surface area contributed by atoms with Crippen LogP contribution in [0.5, 0.6) is 0 Å². The summed E-state index contributed by atoms with van der Waals surface area (Å²) in [6.45, 7) is 0.337. The smallest absolute Gasteiger partial charge is 0.326 e. The van der Waals surface area contributed by atoms with Crippen LogP contribution in [0.2, 0.25) is 0 Å². The van der Waals surface area contributed by atoms with Gasteiger partial charge in [0.2, 0.25) is 29.5 Å². The van der Waals surface area contributed by atoms with Gasteiger partial charge in [-0.2, -0.15) is 0 Å². The van der Waals surface area contributed by atoms with Gasteiger partial charge in [-0.15, -0.1) is 0 Å². The van der Waals surface area contributed by atoms with Gasteiger partial charge in [0.25, 0.3) is 0 Å². The van der Waals surface area contributed by atoms with Crippen molar-refractivity contribution in [2.45, 2.75) is 62.9 Å². The summed E-state index contributed by atoms with van der Waals surface area (Å²) in [6, 6.07) is -5.95. The minimum Gasteiger partial charge on any atom is -0.480 e. The van der Waals surface area contributed by atoms with E-state index in [1.54, 1.807) is 0 Å². The van der Waals surface area contributed by atoms with Crippen LogP contribution < -0.4 is 33.2 Å². The molecule has 0 rings (SSSR count). The first-order valence-corrected chi connectivity index (χ1v) is 9.55. The van der Waals surface area contributed by atoms with Crippen LogP contribution in [-0.2, 0) is 28.8 Å². The van der Waals surface area contributed by atoms with E-state index in [0.29, 0.717) is 0 Å². The highest BCUT2D eigenvalue weighted by atomic mass is 16.4. The first kappa shape index (κ1) is 28.7. The molecule has 15 nitrogen and oxygen atoms in total. The first-order chi connectivity index (χ1) is 14.8. The number of carboxylic acid groups (broad SMARTS) is 1. The molecule has 0 aromatic rings. The number of rotatable bonds is 15. The van der Waals surface area contributed by atoms with Gasteiger partial charge in [0.15, 0.2) is 0 Å². The van der Waals surface area contributed by atoms with Crippen LogP contribution in [0.25, 0.3) is 0 Å². The zero-order valence-electron chi connectivity index (χ0n) is 17.4. The molecule has 0 radical (unpaired) electrons. The van der Waals surface area contributed by atoms with Gasteiger partial charge in [-0.25, -0.2) is 4.79 Å². The van der Waals surface area contributed by atoms with Crippen LogP contribution in [0.3, 0.4) is 0 Å². The van der Waals surface area contributed by atoms with E-state index in [4.69, 9.17) is 17.2 Å². The lowest BCUT2D eigenvalue weighted by Crippen LogP contribution is -2.59. The number of aliphatic carboxylic acids is 1. The lowest BCUT2D eigenvalue weighted by atomic mass is 10.1. The number of hydrogen-bond donors (Lipinski definition) is 9. The zero-order chi connectivity index (χ0) is 25.0. The number of nitrogens with two attached hydrogens (primary N) is 3. The molecule has 0 aliphatic rings. The Morgan fingerprint density at radius 3 is 1.59 bits per heavy atom. The summed E-state index contributed by atoms with van der Waals surface area (Å²) in [4.78, 5) is 70.1. The molecule has 15 heteroatoms. The van der Waals surface area contributed by atoms with E-state index in [1.165, 1.54) is 6.92 Å². The highest BCUT2D eigenvalue weighted by Crippen LogP contribution is 2.03. The third kappa shape index (κ3) is 10.6. The fraction of sp³-hybridized carbons (Fsp3) is 0.647. The fourth-order valence-corrected chi connectivity index (χ4v) is 2.33. The van der Waals surface area contributed by atoms with Gasteiger partial charge in [-0.3, -0.25) is 24.0 Å². The molecule has 0 saturated carbocycles. The summed E-state index contributed by atoms with van der Waals surface area (Å²) in [7, 11) is 0. The molecule has 5 amide bonds. The van der Waals surface area contributed by atoms with E-state index in [0.717, 1.165) is 0 Å². The van der Waals surface area contributed by atoms with Gasteiger partial charge in [0.1, 0.15) is 24.2 Å². The third-order valence-corrected chi connectivity index (χ3v) is 4.24. The van der Waals surface area contributed by atoms with E-state index in [1.807, 2.05) is 0 Å². The van der Waals surface area contributed by atoms with Crippen molar-refractivity contribution in [3.8, 4) is 0 Å². The van der Waals surface area contributed by atoms with Crippen molar-refractivity contribution < 1.29 is 44.1 Å². The molecule has 5 unspecified atom stereocenters. The Bertz CT molecular complexity index is 715. The van der Waals surface area contributed by atoms with Gasteiger partial charge < -0.3 is 48.5 Å². The summed E-state index contributed by atoms with van der Waals surface area (Å²) in [5, 5.41) is 34.3. The van der Waals surface area contributed by atoms with Crippen LogP contribution in [0.15, 0.2) is 0 Å². The van der Waals surface area contributed by atoms with Crippen molar-refractivity contribution in [2.75, 3.05) is 6.61 Å². The van der Waals surface area contributed by atoms with Crippen LogP contribution in [-0.4, -0.2) is 87.7 Å². The van der Waals surface area contributed by atoms with Crippen molar-refractivity contribution in [2.24, 2.45) is 17.2 Å². The standard InChI is InChI=1S/C17H30N6O9/c1-7(25)13(20)16(30)23-10(6-24)15(29)21-8(2-4-11(18)26)14(28)22-9(17(31)32)3-5-12(19)27/h7-10,13,24-25H,2-6,20H2,1H3,(H2,18,26)(H2,19,27)(H,21,29)(H,22,28)(H,23,30)(H,31,32). The quantitative estimate of drug-likeness (QED) is 0.111. The van der Waals surface area contributed by atoms with Crippen LogP contribution in [0.4, 0.5) is 0 Å². The average molecular weight is 462 g/mol. The molecular formula is C17H30N6O9. The largest absolute Gasteiger partial charge is 0.480 e. The Morgan fingerprint density at radius 2 is 1.19 bits per heavy atom. The Kier molecular flexibility index (Phi) is 12.5. The van der Waals surface area contributed by atoms with E-state index in [2.05, 4.69) is 16.0 Å². The maximum Gasteiger partial charge on any atom is 0.326 e. The molecule has 182 valence electrons. The molecule has 32 heavy (non-hydrogen) atoms. The maximum atomic E-state index is 12.5. The van der Waals surface area contributed by atoms with Crippen molar-refractivity contribution >= 4 is 35.5 Å². The first-order valence-electron chi connectivity index (χ1n) is 9.55. The lowest BCUT2D eigenvalue weighted by Gasteiger charge is -2.24. The molecule has 0 aromatic carbocycles. The number of aliphatic hydroxyl groups excluding tert-OH is 2. The van der Waals surface area contributed by atoms with Gasteiger partial charge in [-0.05, 0) is 19.8 Å². The van der Waals surface area contributed by atoms with Gasteiger partial charge >= 0.3 is 5.97 Å². The number of primary amides is 2. The highest BCUT2D eigenvalue weighted by Gasteiger charge is 2.31. The van der Waals surface area contributed by atoms with Gasteiger partial charge in [0.05, 0.1) is 12.7 Å². The second-order valence-corrected chi connectivity index (χ2v) is 6.98. The van der Waals surface area contributed by atoms with Crippen LogP contribution >= 0.6 is 0 Å². The van der Waals surface area contributed by atoms with E-state index < -0.39 is 72.4 Å². The van der Waals surface area contributed by atoms with Crippen LogP contribution in [0.1, 0.15) is 32.6 Å². The number of aliphatic hydroxyl groups is 2. The molecular weight excluding hydrogens is 432 g/mol. The van der Waals surface area contributed by atoms with Crippen molar-refractivity contribution in [3.63, 3.8) is 0 Å². The summed E-state index contributed by atoms with van der Waals surface area (Å²) < 4.78 is 0. The molecule has 0 spiro atoms. The number of carbonyl (C=O) groups excluding carboxylic acids is 5. The molecule has 0 aliphatic heterocycles. The summed E-state index contributed by atoms with van der Waals surface area (Å²) in [5.74, 6) is -6.08. The zero-order valence-corrected chi connectivity index (χ0v) is 17.4. The normalized spacial score (nSPS) is 15.4. The Balaban J connectivity index is 5.37. The maximum absolute atomic E-state index is 12.5. The molecule has 0 saturated heterocycles. The van der Waals surface area contributed by atoms with E-state index >= 15 is 0 Å². The molecule has 5 atom stereocenters. The number of hydrogen-bond acceptors (Lipinski definition) is 9.